The van der Waals surface area contributed by atoms with Crippen LogP contribution in [0.5, 0.6) is 0 Å². The summed E-state index contributed by atoms with van der Waals surface area (Å²) in [5, 5.41) is 12.3. The van der Waals surface area contributed by atoms with Crippen molar-refractivity contribution >= 4 is 35.8 Å². The van der Waals surface area contributed by atoms with Crippen LogP contribution in [-0.2, 0) is 11.0 Å². The Kier molecular flexibility index (Phi) is 5.91. The van der Waals surface area contributed by atoms with Gasteiger partial charge in [-0.05, 0) is 49.4 Å². The number of nitrogens with zero attached hydrogens (tertiary/aromatic N) is 2. The maximum absolute atomic E-state index is 13.2. The molecular formula is C23H15ClF3N3O2S. The highest BCUT2D eigenvalue weighted by atomic mass is 35.5. The van der Waals surface area contributed by atoms with Crippen molar-refractivity contribution in [3.63, 3.8) is 0 Å². The Morgan fingerprint density at radius 3 is 2.48 bits per heavy atom. The van der Waals surface area contributed by atoms with Gasteiger partial charge in [0.05, 0.1) is 15.6 Å². The normalized spacial score (nSPS) is 16.6. The van der Waals surface area contributed by atoms with Crippen LogP contribution in [0.2, 0.25) is 5.02 Å². The molecule has 1 aromatic heterocycles. The van der Waals surface area contributed by atoms with Gasteiger partial charge in [-0.1, -0.05) is 29.3 Å². The Hall–Kier alpha value is -3.35. The number of anilines is 1. The van der Waals surface area contributed by atoms with Crippen molar-refractivity contribution in [3.8, 4) is 17.4 Å². The van der Waals surface area contributed by atoms with Gasteiger partial charge in [0.25, 0.3) is 5.91 Å². The summed E-state index contributed by atoms with van der Waals surface area (Å²) < 4.78 is 45.4. The fourth-order valence-electron chi connectivity index (χ4n) is 3.42. The van der Waals surface area contributed by atoms with Crippen LogP contribution in [0.25, 0.3) is 11.3 Å². The molecule has 1 amide bonds. The van der Waals surface area contributed by atoms with Gasteiger partial charge < -0.3 is 14.6 Å². The quantitative estimate of drug-likeness (QED) is 0.428. The number of furan rings is 1. The number of hydrogen-bond acceptors (Lipinski definition) is 5. The summed E-state index contributed by atoms with van der Waals surface area (Å²) in [5.41, 5.74) is 0.634. The number of halogens is 4. The minimum atomic E-state index is -4.55. The topological polar surface area (TPSA) is 69.3 Å². The molecule has 1 N–H and O–H groups in total. The minimum Gasteiger partial charge on any atom is -0.457 e. The Labute approximate surface area is 197 Å². The summed E-state index contributed by atoms with van der Waals surface area (Å²) in [4.78, 5) is 14.1. The summed E-state index contributed by atoms with van der Waals surface area (Å²) in [6, 6.07) is 15.1. The van der Waals surface area contributed by atoms with Gasteiger partial charge in [-0.3, -0.25) is 4.79 Å². The van der Waals surface area contributed by atoms with Crippen LogP contribution in [-0.4, -0.2) is 5.91 Å². The minimum absolute atomic E-state index is 0.0566. The number of benzene rings is 2. The zero-order valence-electron chi connectivity index (χ0n) is 16.9. The Balaban J connectivity index is 1.79. The highest BCUT2D eigenvalue weighted by Crippen LogP contribution is 2.40. The number of nitrogens with one attached hydrogen (secondary N) is 1. The second-order valence-corrected chi connectivity index (χ2v) is 8.12. The van der Waals surface area contributed by atoms with Gasteiger partial charge in [0, 0.05) is 11.3 Å². The average molecular weight is 490 g/mol. The molecule has 2 aromatic carbocycles. The third kappa shape index (κ3) is 4.32. The fourth-order valence-corrected chi connectivity index (χ4v) is 4.01. The lowest BCUT2D eigenvalue weighted by Gasteiger charge is -2.36. The van der Waals surface area contributed by atoms with Crippen molar-refractivity contribution in [1.82, 2.24) is 5.32 Å². The molecule has 4 rings (SSSR count). The Morgan fingerprint density at radius 2 is 1.85 bits per heavy atom. The molecule has 1 aliphatic rings. The van der Waals surface area contributed by atoms with Crippen LogP contribution in [0, 0.1) is 18.3 Å². The second-order valence-electron chi connectivity index (χ2n) is 7.29. The summed E-state index contributed by atoms with van der Waals surface area (Å²) >= 11 is 10.5. The third-order valence-corrected chi connectivity index (χ3v) is 5.85. The number of alkyl halides is 3. The summed E-state index contributed by atoms with van der Waals surface area (Å²) in [5.74, 6) is -0.336. The number of carbonyl (C=O) groups is 1. The molecule has 0 aliphatic carbocycles. The Bertz CT molecular complexity index is 1310. The maximum Gasteiger partial charge on any atom is 0.416 e. The molecule has 1 atom stereocenters. The zero-order chi connectivity index (χ0) is 23.9. The van der Waals surface area contributed by atoms with Gasteiger partial charge in [-0.2, -0.15) is 18.4 Å². The molecule has 1 unspecified atom stereocenters. The van der Waals surface area contributed by atoms with E-state index in [1.54, 1.807) is 17.0 Å². The molecule has 2 heterocycles. The zero-order valence-corrected chi connectivity index (χ0v) is 18.6. The van der Waals surface area contributed by atoms with Gasteiger partial charge in [0.15, 0.2) is 6.17 Å². The summed E-state index contributed by atoms with van der Waals surface area (Å²) in [7, 11) is 0. The first kappa shape index (κ1) is 22.8. The van der Waals surface area contributed by atoms with E-state index in [1.807, 2.05) is 25.1 Å². The second kappa shape index (κ2) is 8.54. The number of hydrogen-bond donors (Lipinski definition) is 2. The number of nitriles is 1. The van der Waals surface area contributed by atoms with Crippen LogP contribution < -0.4 is 10.2 Å². The van der Waals surface area contributed by atoms with Crippen molar-refractivity contribution < 1.29 is 22.4 Å². The van der Waals surface area contributed by atoms with E-state index in [0.29, 0.717) is 5.69 Å². The lowest BCUT2D eigenvalue weighted by molar-refractivity contribution is -0.137. The van der Waals surface area contributed by atoms with E-state index in [1.165, 1.54) is 12.1 Å². The monoisotopic (exact) mass is 489 g/mol. The molecule has 0 saturated carbocycles. The van der Waals surface area contributed by atoms with E-state index in [9.17, 15) is 23.2 Å². The van der Waals surface area contributed by atoms with Crippen LogP contribution >= 0.6 is 24.2 Å². The van der Waals surface area contributed by atoms with Gasteiger partial charge >= 0.3 is 6.18 Å². The van der Waals surface area contributed by atoms with E-state index in [2.05, 4.69) is 17.9 Å². The lowest BCUT2D eigenvalue weighted by Crippen LogP contribution is -2.45. The van der Waals surface area contributed by atoms with Crippen molar-refractivity contribution in [2.45, 2.75) is 19.3 Å². The molecular weight excluding hydrogens is 475 g/mol. The van der Waals surface area contributed by atoms with E-state index in [4.69, 9.17) is 16.0 Å². The first-order valence-electron chi connectivity index (χ1n) is 9.57. The molecule has 0 radical (unpaired) electrons. The predicted octanol–water partition coefficient (Wildman–Crippen LogP) is 6.23. The standard InChI is InChI=1S/C23H15ClF3N3O2S/c1-12-2-5-14(6-3-12)30-20(29-21(31)16(11-28)22(30)33)19-9-8-18(32-19)15-10-13(23(25,26)27)4-7-17(15)24/h2-10,20,33H,1H3,(H,29,31). The third-order valence-electron chi connectivity index (χ3n) is 5.08. The fraction of sp³-hybridized carbons (Fsp3) is 0.130. The van der Waals surface area contributed by atoms with E-state index < -0.39 is 23.8 Å². The molecule has 10 heteroatoms. The molecule has 3 aromatic rings. The van der Waals surface area contributed by atoms with Crippen molar-refractivity contribution in [3.05, 3.63) is 87.1 Å². The SMILES string of the molecule is Cc1ccc(N2C(S)=C(C#N)C(=O)NC2c2ccc(-c3cc(C(F)(F)F)ccc3Cl)o2)cc1. The molecule has 0 saturated heterocycles. The van der Waals surface area contributed by atoms with E-state index in [0.717, 1.165) is 23.8 Å². The van der Waals surface area contributed by atoms with Crippen LogP contribution in [0.4, 0.5) is 18.9 Å². The van der Waals surface area contributed by atoms with Gasteiger partial charge in [0.1, 0.15) is 23.2 Å². The lowest BCUT2D eigenvalue weighted by atomic mass is 10.1. The molecule has 0 fully saturated rings. The first-order valence-corrected chi connectivity index (χ1v) is 10.4. The van der Waals surface area contributed by atoms with Crippen LogP contribution in [0.1, 0.15) is 23.1 Å². The number of rotatable bonds is 3. The van der Waals surface area contributed by atoms with Crippen LogP contribution in [0.15, 0.2) is 69.6 Å². The number of amides is 1. The number of aryl methyl sites for hydroxylation is 1. The van der Waals surface area contributed by atoms with Crippen molar-refractivity contribution in [2.24, 2.45) is 0 Å². The largest absolute Gasteiger partial charge is 0.457 e. The Morgan fingerprint density at radius 1 is 1.15 bits per heavy atom. The van der Waals surface area contributed by atoms with Crippen molar-refractivity contribution in [2.75, 3.05) is 4.90 Å². The average Bonchev–Trinajstić information content (AvgIpc) is 3.24. The molecule has 33 heavy (non-hydrogen) atoms. The van der Waals surface area contributed by atoms with Gasteiger partial charge in [0.2, 0.25) is 0 Å². The highest BCUT2D eigenvalue weighted by molar-refractivity contribution is 7.84. The maximum atomic E-state index is 13.2. The summed E-state index contributed by atoms with van der Waals surface area (Å²) in [6.45, 7) is 1.91. The molecule has 0 bridgehead atoms. The van der Waals surface area contributed by atoms with Crippen LogP contribution in [0.3, 0.4) is 0 Å². The molecule has 168 valence electrons. The highest BCUT2D eigenvalue weighted by Gasteiger charge is 2.36. The number of thiol groups is 1. The predicted molar refractivity (Wildman–Crippen MR) is 120 cm³/mol. The van der Waals surface area contributed by atoms with E-state index in [-0.39, 0.29) is 32.7 Å². The molecule has 1 aliphatic heterocycles. The molecule has 0 spiro atoms. The van der Waals surface area contributed by atoms with E-state index >= 15 is 0 Å². The van der Waals surface area contributed by atoms with Crippen molar-refractivity contribution in [1.29, 1.82) is 5.26 Å². The smallest absolute Gasteiger partial charge is 0.416 e. The van der Waals surface area contributed by atoms with Gasteiger partial charge in [-0.15, -0.1) is 12.6 Å². The summed E-state index contributed by atoms with van der Waals surface area (Å²) in [6.07, 6.45) is -5.45. The number of carbonyl (C=O) groups excluding carboxylic acids is 1. The molecule has 5 nitrogen and oxygen atoms in total. The van der Waals surface area contributed by atoms with Gasteiger partial charge in [-0.25, -0.2) is 0 Å². The first-order chi connectivity index (χ1) is 15.6.